The first-order chi connectivity index (χ1) is 12.2. The number of ether oxygens (including phenoxy) is 4. The third-order valence-electron chi connectivity index (χ3n) is 3.64. The molecule has 3 rings (SSSR count). The van der Waals surface area contributed by atoms with Gasteiger partial charge in [0.15, 0.2) is 11.5 Å². The minimum atomic E-state index is -0.0431. The van der Waals surface area contributed by atoms with Gasteiger partial charge >= 0.3 is 0 Å². The minimum absolute atomic E-state index is 0.0431. The summed E-state index contributed by atoms with van der Waals surface area (Å²) < 4.78 is 21.5. The van der Waals surface area contributed by atoms with Crippen LogP contribution in [0.2, 0.25) is 0 Å². The van der Waals surface area contributed by atoms with E-state index in [0.717, 1.165) is 17.1 Å². The predicted octanol–water partition coefficient (Wildman–Crippen LogP) is 2.55. The fourth-order valence-electron chi connectivity index (χ4n) is 2.44. The Labute approximate surface area is 146 Å². The maximum atomic E-state index is 12.0. The summed E-state index contributed by atoms with van der Waals surface area (Å²) in [6.07, 6.45) is 0.330. The van der Waals surface area contributed by atoms with Crippen molar-refractivity contribution >= 4 is 5.91 Å². The maximum absolute atomic E-state index is 12.0. The fourth-order valence-corrected chi connectivity index (χ4v) is 2.44. The van der Waals surface area contributed by atoms with Crippen LogP contribution < -0.4 is 24.3 Å². The Bertz CT molecular complexity index is 714. The van der Waals surface area contributed by atoms with Crippen molar-refractivity contribution in [3.05, 3.63) is 48.0 Å². The zero-order valence-electron chi connectivity index (χ0n) is 14.1. The van der Waals surface area contributed by atoms with E-state index in [1.165, 1.54) is 0 Å². The highest BCUT2D eigenvalue weighted by atomic mass is 16.7. The van der Waals surface area contributed by atoms with E-state index in [1.807, 2.05) is 43.3 Å². The third kappa shape index (κ3) is 4.79. The smallest absolute Gasteiger partial charge is 0.231 e. The molecule has 0 radical (unpaired) electrons. The summed E-state index contributed by atoms with van der Waals surface area (Å²) in [6, 6.07) is 12.9. The van der Waals surface area contributed by atoms with E-state index in [4.69, 9.17) is 18.9 Å². The molecule has 2 aromatic rings. The summed E-state index contributed by atoms with van der Waals surface area (Å²) in [6.45, 7) is 3.62. The Morgan fingerprint density at radius 3 is 2.60 bits per heavy atom. The molecular weight excluding hydrogens is 322 g/mol. The Hall–Kier alpha value is -2.89. The number of carbonyl (C=O) groups excluding carboxylic acids is 1. The molecule has 0 bridgehead atoms. The molecule has 25 heavy (non-hydrogen) atoms. The molecule has 2 aromatic carbocycles. The molecule has 1 aliphatic heterocycles. The second-order valence-electron chi connectivity index (χ2n) is 5.47. The maximum Gasteiger partial charge on any atom is 0.231 e. The first kappa shape index (κ1) is 17.0. The van der Waals surface area contributed by atoms with Crippen molar-refractivity contribution in [3.63, 3.8) is 0 Å². The van der Waals surface area contributed by atoms with Gasteiger partial charge in [-0.2, -0.15) is 0 Å². The SMILES string of the molecule is CCOc1ccc(CC(=O)NCCOc2ccc3c(c2)OCO3)cc1. The van der Waals surface area contributed by atoms with E-state index in [0.29, 0.717) is 37.7 Å². The monoisotopic (exact) mass is 343 g/mol. The average molecular weight is 343 g/mol. The van der Waals surface area contributed by atoms with Crippen molar-refractivity contribution in [2.75, 3.05) is 26.6 Å². The van der Waals surface area contributed by atoms with Gasteiger partial charge in [-0.1, -0.05) is 12.1 Å². The molecule has 0 unspecified atom stereocenters. The van der Waals surface area contributed by atoms with Gasteiger partial charge in [0.05, 0.1) is 19.6 Å². The second kappa shape index (κ2) is 8.28. The zero-order valence-corrected chi connectivity index (χ0v) is 14.1. The lowest BCUT2D eigenvalue weighted by Gasteiger charge is -2.09. The molecule has 6 nitrogen and oxygen atoms in total. The zero-order chi connectivity index (χ0) is 17.5. The van der Waals surface area contributed by atoms with E-state index in [9.17, 15) is 4.79 Å². The molecule has 0 aliphatic carbocycles. The number of hydrogen-bond acceptors (Lipinski definition) is 5. The van der Waals surface area contributed by atoms with Gasteiger partial charge < -0.3 is 24.3 Å². The molecule has 0 saturated heterocycles. The average Bonchev–Trinajstić information content (AvgIpc) is 3.08. The lowest BCUT2D eigenvalue weighted by atomic mass is 10.1. The lowest BCUT2D eigenvalue weighted by Crippen LogP contribution is -2.29. The van der Waals surface area contributed by atoms with Crippen LogP contribution in [0, 0.1) is 0 Å². The number of benzene rings is 2. The van der Waals surface area contributed by atoms with Crippen molar-refractivity contribution in [2.24, 2.45) is 0 Å². The van der Waals surface area contributed by atoms with Gasteiger partial charge in [-0.3, -0.25) is 4.79 Å². The molecule has 1 aliphatic rings. The summed E-state index contributed by atoms with van der Waals surface area (Å²) in [5.41, 5.74) is 0.942. The van der Waals surface area contributed by atoms with Crippen LogP contribution in [0.3, 0.4) is 0 Å². The normalized spacial score (nSPS) is 11.9. The number of hydrogen-bond donors (Lipinski definition) is 1. The van der Waals surface area contributed by atoms with Crippen LogP contribution in [0.1, 0.15) is 12.5 Å². The first-order valence-electron chi connectivity index (χ1n) is 8.25. The van der Waals surface area contributed by atoms with E-state index < -0.39 is 0 Å². The standard InChI is InChI=1S/C19H21NO5/c1-2-22-15-5-3-14(4-6-15)11-19(21)20-9-10-23-16-7-8-17-18(12-16)25-13-24-17/h3-8,12H,2,9-11,13H2,1H3,(H,20,21). The van der Waals surface area contributed by atoms with Gasteiger partial charge in [-0.15, -0.1) is 0 Å². The third-order valence-corrected chi connectivity index (χ3v) is 3.64. The molecule has 1 amide bonds. The largest absolute Gasteiger partial charge is 0.494 e. The quantitative estimate of drug-likeness (QED) is 0.746. The van der Waals surface area contributed by atoms with Gasteiger partial charge in [-0.05, 0) is 36.8 Å². The van der Waals surface area contributed by atoms with Crippen LogP contribution in [-0.4, -0.2) is 32.5 Å². The molecule has 0 saturated carbocycles. The van der Waals surface area contributed by atoms with Crippen LogP contribution in [0.15, 0.2) is 42.5 Å². The number of amides is 1. The molecule has 0 fully saturated rings. The highest BCUT2D eigenvalue weighted by molar-refractivity contribution is 5.78. The van der Waals surface area contributed by atoms with Crippen LogP contribution in [-0.2, 0) is 11.2 Å². The summed E-state index contributed by atoms with van der Waals surface area (Å²) in [4.78, 5) is 12.0. The topological polar surface area (TPSA) is 66.0 Å². The van der Waals surface area contributed by atoms with Gasteiger partial charge in [0.25, 0.3) is 0 Å². The van der Waals surface area contributed by atoms with Gasteiger partial charge in [0.1, 0.15) is 18.1 Å². The highest BCUT2D eigenvalue weighted by Gasteiger charge is 2.13. The summed E-state index contributed by atoms with van der Waals surface area (Å²) >= 11 is 0. The van der Waals surface area contributed by atoms with E-state index >= 15 is 0 Å². The Balaban J connectivity index is 1.37. The summed E-state index contributed by atoms with van der Waals surface area (Å²) in [5, 5.41) is 2.84. The Morgan fingerprint density at radius 1 is 1.04 bits per heavy atom. The van der Waals surface area contributed by atoms with E-state index in [2.05, 4.69) is 5.32 Å². The van der Waals surface area contributed by atoms with Crippen LogP contribution in [0.25, 0.3) is 0 Å². The summed E-state index contributed by atoms with van der Waals surface area (Å²) in [7, 11) is 0. The van der Waals surface area contributed by atoms with Crippen molar-refractivity contribution in [3.8, 4) is 23.0 Å². The molecule has 0 aromatic heterocycles. The van der Waals surface area contributed by atoms with Gasteiger partial charge in [0.2, 0.25) is 12.7 Å². The second-order valence-corrected chi connectivity index (χ2v) is 5.47. The van der Waals surface area contributed by atoms with Crippen molar-refractivity contribution < 1.29 is 23.7 Å². The van der Waals surface area contributed by atoms with Crippen molar-refractivity contribution in [1.82, 2.24) is 5.32 Å². The van der Waals surface area contributed by atoms with Crippen molar-refractivity contribution in [1.29, 1.82) is 0 Å². The number of carbonyl (C=O) groups is 1. The Morgan fingerprint density at radius 2 is 1.80 bits per heavy atom. The van der Waals surface area contributed by atoms with E-state index in [1.54, 1.807) is 6.07 Å². The highest BCUT2D eigenvalue weighted by Crippen LogP contribution is 2.34. The molecule has 6 heteroatoms. The first-order valence-corrected chi connectivity index (χ1v) is 8.25. The molecule has 132 valence electrons. The summed E-state index contributed by atoms with van der Waals surface area (Å²) in [5.74, 6) is 2.85. The molecule has 1 heterocycles. The molecule has 0 atom stereocenters. The predicted molar refractivity (Wildman–Crippen MR) is 92.4 cm³/mol. The van der Waals surface area contributed by atoms with Crippen LogP contribution in [0.5, 0.6) is 23.0 Å². The number of nitrogens with one attached hydrogen (secondary N) is 1. The number of rotatable bonds is 8. The lowest BCUT2D eigenvalue weighted by molar-refractivity contribution is -0.120. The van der Waals surface area contributed by atoms with Crippen LogP contribution in [0.4, 0.5) is 0 Å². The molecule has 1 N–H and O–H groups in total. The van der Waals surface area contributed by atoms with Crippen molar-refractivity contribution in [2.45, 2.75) is 13.3 Å². The van der Waals surface area contributed by atoms with Gasteiger partial charge in [-0.25, -0.2) is 0 Å². The van der Waals surface area contributed by atoms with Gasteiger partial charge in [0, 0.05) is 6.07 Å². The molecular formula is C19H21NO5. The van der Waals surface area contributed by atoms with Crippen LogP contribution >= 0.6 is 0 Å². The molecule has 0 spiro atoms. The number of fused-ring (bicyclic) bond motifs is 1. The minimum Gasteiger partial charge on any atom is -0.494 e. The van der Waals surface area contributed by atoms with E-state index in [-0.39, 0.29) is 12.7 Å². The fraction of sp³-hybridized carbons (Fsp3) is 0.316. The Kier molecular flexibility index (Phi) is 5.61.